The summed E-state index contributed by atoms with van der Waals surface area (Å²) in [6.07, 6.45) is 1.92. The lowest BCUT2D eigenvalue weighted by Gasteiger charge is -2.30. The molecule has 5 aromatic carbocycles. The molecule has 35 heavy (non-hydrogen) atoms. The third-order valence-electron chi connectivity index (χ3n) is 7.75. The molecule has 0 amide bonds. The smallest absolute Gasteiger partial charge is 0.0899 e. The van der Waals surface area contributed by atoms with E-state index in [9.17, 15) is 0 Å². The Morgan fingerprint density at radius 3 is 1.66 bits per heavy atom. The van der Waals surface area contributed by atoms with Crippen LogP contribution in [0.1, 0.15) is 22.3 Å². The fraction of sp³-hybridized carbons (Fsp3) is 0.0303. The standard InChI is InChI=1S/C33H20N2/c1-4-14-25-21(10-1)22-11-2-5-15-26(22)33(25)27-16-6-3-12-23(27)32-24(13-9-17-28(32)33)31-20-34-29-18-7-8-19-30(29)35-31/h1-20H. The number of hydrogen-bond acceptors (Lipinski definition) is 2. The Labute approximate surface area is 203 Å². The first-order chi connectivity index (χ1) is 17.4. The van der Waals surface area contributed by atoms with Crippen molar-refractivity contribution in [2.24, 2.45) is 0 Å². The van der Waals surface area contributed by atoms with Gasteiger partial charge in [0.2, 0.25) is 0 Å². The molecule has 0 fully saturated rings. The summed E-state index contributed by atoms with van der Waals surface area (Å²) in [4.78, 5) is 9.77. The van der Waals surface area contributed by atoms with Crippen molar-refractivity contribution >= 4 is 11.0 Å². The average molecular weight is 445 g/mol. The highest BCUT2D eigenvalue weighted by Gasteiger charge is 2.51. The first-order valence-electron chi connectivity index (χ1n) is 12.0. The van der Waals surface area contributed by atoms with E-state index >= 15 is 0 Å². The molecule has 2 nitrogen and oxygen atoms in total. The van der Waals surface area contributed by atoms with Crippen molar-refractivity contribution in [1.82, 2.24) is 9.97 Å². The van der Waals surface area contributed by atoms with Crippen LogP contribution in [0.25, 0.3) is 44.5 Å². The van der Waals surface area contributed by atoms with Crippen LogP contribution in [0, 0.1) is 0 Å². The second-order valence-electron chi connectivity index (χ2n) is 9.36. The zero-order chi connectivity index (χ0) is 23.0. The van der Waals surface area contributed by atoms with Gasteiger partial charge in [0.15, 0.2) is 0 Å². The SMILES string of the molecule is c1ccc2c(c1)-c1ccccc1C21c2ccccc2-c2c(-c3cnc4ccccc4n3)cccc21. The van der Waals surface area contributed by atoms with Gasteiger partial charge in [0.25, 0.3) is 0 Å². The maximum absolute atomic E-state index is 5.04. The van der Waals surface area contributed by atoms with Crippen molar-refractivity contribution < 1.29 is 0 Å². The van der Waals surface area contributed by atoms with E-state index in [1.165, 1.54) is 44.5 Å². The molecule has 2 aliphatic rings. The van der Waals surface area contributed by atoms with E-state index in [0.717, 1.165) is 22.3 Å². The molecule has 0 atom stereocenters. The molecule has 1 aromatic heterocycles. The molecule has 2 heteroatoms. The van der Waals surface area contributed by atoms with Gasteiger partial charge in [0.1, 0.15) is 0 Å². The first-order valence-corrected chi connectivity index (χ1v) is 12.0. The number of aromatic nitrogens is 2. The molecule has 0 unspecified atom stereocenters. The lowest BCUT2D eigenvalue weighted by molar-refractivity contribution is 0.794. The zero-order valence-corrected chi connectivity index (χ0v) is 18.9. The highest BCUT2D eigenvalue weighted by Crippen LogP contribution is 2.63. The Kier molecular flexibility index (Phi) is 3.62. The molecule has 8 rings (SSSR count). The molecule has 6 aromatic rings. The first kappa shape index (κ1) is 18.8. The van der Waals surface area contributed by atoms with Crippen molar-refractivity contribution in [2.75, 3.05) is 0 Å². The van der Waals surface area contributed by atoms with Crippen molar-refractivity contribution in [3.63, 3.8) is 0 Å². The number of fused-ring (bicyclic) bond motifs is 11. The van der Waals surface area contributed by atoms with Crippen LogP contribution in [0.5, 0.6) is 0 Å². The van der Waals surface area contributed by atoms with Gasteiger partial charge in [-0.05, 0) is 56.6 Å². The lowest BCUT2D eigenvalue weighted by atomic mass is 9.70. The van der Waals surface area contributed by atoms with Crippen LogP contribution in [0.3, 0.4) is 0 Å². The summed E-state index contributed by atoms with van der Waals surface area (Å²) in [5.41, 5.74) is 14.1. The average Bonchev–Trinajstić information content (AvgIpc) is 3.40. The summed E-state index contributed by atoms with van der Waals surface area (Å²) < 4.78 is 0. The van der Waals surface area contributed by atoms with Crippen LogP contribution in [0.15, 0.2) is 121 Å². The van der Waals surface area contributed by atoms with Gasteiger partial charge in [-0.2, -0.15) is 0 Å². The predicted molar refractivity (Wildman–Crippen MR) is 141 cm³/mol. The van der Waals surface area contributed by atoms with E-state index in [1.54, 1.807) is 0 Å². The second kappa shape index (κ2) is 6.74. The van der Waals surface area contributed by atoms with Gasteiger partial charge in [0, 0.05) is 5.56 Å². The Morgan fingerprint density at radius 2 is 0.943 bits per heavy atom. The van der Waals surface area contributed by atoms with Gasteiger partial charge in [-0.3, -0.25) is 4.98 Å². The van der Waals surface area contributed by atoms with Crippen LogP contribution in [0.4, 0.5) is 0 Å². The molecule has 1 heterocycles. The number of rotatable bonds is 1. The van der Waals surface area contributed by atoms with Gasteiger partial charge in [-0.1, -0.05) is 103 Å². The van der Waals surface area contributed by atoms with Gasteiger partial charge in [-0.15, -0.1) is 0 Å². The molecule has 0 saturated carbocycles. The fourth-order valence-corrected chi connectivity index (χ4v) is 6.44. The summed E-state index contributed by atoms with van der Waals surface area (Å²) >= 11 is 0. The summed E-state index contributed by atoms with van der Waals surface area (Å²) in [5, 5.41) is 0. The molecule has 1 spiro atoms. The third-order valence-corrected chi connectivity index (χ3v) is 7.75. The molecule has 0 aliphatic heterocycles. The van der Waals surface area contributed by atoms with Gasteiger partial charge in [-0.25, -0.2) is 4.98 Å². The summed E-state index contributed by atoms with van der Waals surface area (Å²) in [5.74, 6) is 0. The van der Waals surface area contributed by atoms with E-state index in [2.05, 4.69) is 91.0 Å². The normalized spacial score (nSPS) is 13.9. The number of benzene rings is 5. The highest BCUT2D eigenvalue weighted by atomic mass is 14.8. The minimum atomic E-state index is -0.334. The highest BCUT2D eigenvalue weighted by molar-refractivity contribution is 5.99. The summed E-state index contributed by atoms with van der Waals surface area (Å²) in [7, 11) is 0. The fourth-order valence-electron chi connectivity index (χ4n) is 6.44. The van der Waals surface area contributed by atoms with E-state index < -0.39 is 0 Å². The van der Waals surface area contributed by atoms with Gasteiger partial charge < -0.3 is 0 Å². The Bertz CT molecular complexity index is 1770. The van der Waals surface area contributed by atoms with Crippen molar-refractivity contribution in [3.05, 3.63) is 144 Å². The zero-order valence-electron chi connectivity index (χ0n) is 18.9. The van der Waals surface area contributed by atoms with Gasteiger partial charge >= 0.3 is 0 Å². The predicted octanol–water partition coefficient (Wildman–Crippen LogP) is 7.64. The Hall–Kier alpha value is -4.56. The minimum absolute atomic E-state index is 0.334. The summed E-state index contributed by atoms with van der Waals surface area (Å²) in [6.45, 7) is 0. The maximum atomic E-state index is 5.04. The summed E-state index contributed by atoms with van der Waals surface area (Å²) in [6, 6.07) is 41.5. The topological polar surface area (TPSA) is 25.8 Å². The molecule has 162 valence electrons. The van der Waals surface area contributed by atoms with Crippen LogP contribution >= 0.6 is 0 Å². The Morgan fingerprint density at radius 1 is 0.429 bits per heavy atom. The van der Waals surface area contributed by atoms with Crippen LogP contribution in [0.2, 0.25) is 0 Å². The maximum Gasteiger partial charge on any atom is 0.0899 e. The largest absolute Gasteiger partial charge is 0.252 e. The molecule has 2 aliphatic carbocycles. The van der Waals surface area contributed by atoms with E-state index in [4.69, 9.17) is 9.97 Å². The van der Waals surface area contributed by atoms with Gasteiger partial charge in [0.05, 0.1) is 28.3 Å². The molecular formula is C33H20N2. The third kappa shape index (κ3) is 2.29. The minimum Gasteiger partial charge on any atom is -0.252 e. The van der Waals surface area contributed by atoms with Crippen molar-refractivity contribution in [1.29, 1.82) is 0 Å². The number of para-hydroxylation sites is 2. The van der Waals surface area contributed by atoms with Crippen LogP contribution in [-0.2, 0) is 5.41 Å². The quantitative estimate of drug-likeness (QED) is 0.260. The van der Waals surface area contributed by atoms with Crippen molar-refractivity contribution in [2.45, 2.75) is 5.41 Å². The molecule has 0 bridgehead atoms. The molecular weight excluding hydrogens is 424 g/mol. The molecule has 0 saturated heterocycles. The number of nitrogens with zero attached hydrogens (tertiary/aromatic N) is 2. The number of hydrogen-bond donors (Lipinski definition) is 0. The lowest BCUT2D eigenvalue weighted by Crippen LogP contribution is -2.25. The van der Waals surface area contributed by atoms with E-state index in [1.807, 2.05) is 30.5 Å². The van der Waals surface area contributed by atoms with E-state index in [0.29, 0.717) is 0 Å². The van der Waals surface area contributed by atoms with E-state index in [-0.39, 0.29) is 5.41 Å². The Balaban J connectivity index is 1.51. The molecule has 0 radical (unpaired) electrons. The second-order valence-corrected chi connectivity index (χ2v) is 9.36. The molecule has 0 N–H and O–H groups in total. The van der Waals surface area contributed by atoms with Crippen LogP contribution in [-0.4, -0.2) is 9.97 Å². The van der Waals surface area contributed by atoms with Crippen molar-refractivity contribution in [3.8, 4) is 33.5 Å². The monoisotopic (exact) mass is 444 g/mol. The van der Waals surface area contributed by atoms with Crippen LogP contribution < -0.4 is 0 Å².